The Morgan fingerprint density at radius 3 is 2.67 bits per heavy atom. The highest BCUT2D eigenvalue weighted by Gasteiger charge is 2.21. The minimum Gasteiger partial charge on any atom is -0.354 e. The van der Waals surface area contributed by atoms with Gasteiger partial charge >= 0.3 is 0 Å². The van der Waals surface area contributed by atoms with Crippen LogP contribution in [0.4, 0.5) is 0 Å². The molecule has 0 spiro atoms. The molecule has 0 bridgehead atoms. The average molecular weight is 162 g/mol. The van der Waals surface area contributed by atoms with Gasteiger partial charge in [-0.25, -0.2) is 0 Å². The summed E-state index contributed by atoms with van der Waals surface area (Å²) in [5.74, 6) is 0.916. The highest BCUT2D eigenvalue weighted by Crippen LogP contribution is 2.11. The highest BCUT2D eigenvalue weighted by atomic mass is 32.2. The van der Waals surface area contributed by atoms with Gasteiger partial charge < -0.3 is 5.32 Å². The molecule has 0 saturated carbocycles. The van der Waals surface area contributed by atoms with Crippen molar-refractivity contribution in [2.75, 3.05) is 5.88 Å². The standard InChI is InChI=1S/C5H10N2S2/c1-5(2)6-3-9-4(8)7-5/h6H,3H2,1-2H3,(H,7,8). The van der Waals surface area contributed by atoms with Gasteiger partial charge in [0.05, 0.1) is 11.5 Å². The van der Waals surface area contributed by atoms with Gasteiger partial charge in [0.1, 0.15) is 4.32 Å². The molecule has 0 aliphatic carbocycles. The van der Waals surface area contributed by atoms with E-state index in [9.17, 15) is 0 Å². The van der Waals surface area contributed by atoms with Crippen LogP contribution >= 0.6 is 24.0 Å². The van der Waals surface area contributed by atoms with Crippen molar-refractivity contribution in [3.8, 4) is 0 Å². The SMILES string of the molecule is CC1(C)NCSC(=S)N1. The zero-order valence-electron chi connectivity index (χ0n) is 5.52. The van der Waals surface area contributed by atoms with Crippen LogP contribution in [0.25, 0.3) is 0 Å². The molecule has 9 heavy (non-hydrogen) atoms. The van der Waals surface area contributed by atoms with Crippen molar-refractivity contribution in [1.29, 1.82) is 0 Å². The molecule has 1 fully saturated rings. The van der Waals surface area contributed by atoms with Crippen LogP contribution in [-0.4, -0.2) is 15.9 Å². The van der Waals surface area contributed by atoms with Crippen molar-refractivity contribution in [2.24, 2.45) is 0 Å². The molecule has 0 amide bonds. The second-order valence-electron chi connectivity index (χ2n) is 2.50. The average Bonchev–Trinajstić information content (AvgIpc) is 1.60. The molecule has 1 rings (SSSR count). The fourth-order valence-corrected chi connectivity index (χ4v) is 1.94. The van der Waals surface area contributed by atoms with Gasteiger partial charge in [-0.3, -0.25) is 5.32 Å². The third kappa shape index (κ3) is 2.12. The topological polar surface area (TPSA) is 24.1 Å². The van der Waals surface area contributed by atoms with E-state index in [0.29, 0.717) is 0 Å². The monoisotopic (exact) mass is 162 g/mol. The molecule has 0 aromatic heterocycles. The Balaban J connectivity index is 2.51. The molecule has 4 heteroatoms. The van der Waals surface area contributed by atoms with E-state index in [-0.39, 0.29) is 5.66 Å². The van der Waals surface area contributed by atoms with Crippen LogP contribution in [0.15, 0.2) is 0 Å². The number of thioether (sulfide) groups is 1. The third-order valence-electron chi connectivity index (χ3n) is 1.13. The van der Waals surface area contributed by atoms with Crippen molar-refractivity contribution in [3.05, 3.63) is 0 Å². The van der Waals surface area contributed by atoms with Crippen LogP contribution in [0.3, 0.4) is 0 Å². The molecule has 0 aromatic rings. The Bertz CT molecular complexity index is 133. The third-order valence-corrected chi connectivity index (χ3v) is 2.24. The predicted octanol–water partition coefficient (Wildman–Crippen LogP) is 0.891. The van der Waals surface area contributed by atoms with Gasteiger partial charge in [-0.2, -0.15) is 0 Å². The highest BCUT2D eigenvalue weighted by molar-refractivity contribution is 8.23. The lowest BCUT2D eigenvalue weighted by molar-refractivity contribution is 0.387. The lowest BCUT2D eigenvalue weighted by Gasteiger charge is -2.32. The number of hydrogen-bond donors (Lipinski definition) is 2. The van der Waals surface area contributed by atoms with Crippen molar-refractivity contribution in [3.63, 3.8) is 0 Å². The Morgan fingerprint density at radius 2 is 2.33 bits per heavy atom. The Kier molecular flexibility index (Phi) is 1.98. The fraction of sp³-hybridized carbons (Fsp3) is 0.800. The van der Waals surface area contributed by atoms with Gasteiger partial charge in [-0.05, 0) is 13.8 Å². The zero-order chi connectivity index (χ0) is 6.91. The minimum absolute atomic E-state index is 0.0116. The molecule has 1 aliphatic heterocycles. The maximum Gasteiger partial charge on any atom is 0.136 e. The van der Waals surface area contributed by atoms with Crippen molar-refractivity contribution in [2.45, 2.75) is 19.5 Å². The zero-order valence-corrected chi connectivity index (χ0v) is 7.16. The second kappa shape index (κ2) is 2.44. The maximum absolute atomic E-state index is 4.97. The lowest BCUT2D eigenvalue weighted by Crippen LogP contribution is -2.56. The number of nitrogens with one attached hydrogen (secondary N) is 2. The summed E-state index contributed by atoms with van der Waals surface area (Å²) in [5.41, 5.74) is -0.0116. The summed E-state index contributed by atoms with van der Waals surface area (Å²) in [4.78, 5) is 0. The van der Waals surface area contributed by atoms with Crippen LogP contribution in [0.5, 0.6) is 0 Å². The van der Waals surface area contributed by atoms with Crippen LogP contribution in [0.2, 0.25) is 0 Å². The summed E-state index contributed by atoms with van der Waals surface area (Å²) >= 11 is 6.60. The van der Waals surface area contributed by atoms with Crippen LogP contribution in [-0.2, 0) is 0 Å². The molecule has 2 nitrogen and oxygen atoms in total. The summed E-state index contributed by atoms with van der Waals surface area (Å²) < 4.78 is 0.888. The van der Waals surface area contributed by atoms with E-state index < -0.39 is 0 Å². The van der Waals surface area contributed by atoms with Crippen LogP contribution in [0, 0.1) is 0 Å². The van der Waals surface area contributed by atoms with E-state index in [1.54, 1.807) is 11.8 Å². The van der Waals surface area contributed by atoms with Gasteiger partial charge in [-0.1, -0.05) is 24.0 Å². The van der Waals surface area contributed by atoms with Crippen LogP contribution < -0.4 is 10.6 Å². The van der Waals surface area contributed by atoms with Gasteiger partial charge in [-0.15, -0.1) is 0 Å². The first-order valence-electron chi connectivity index (χ1n) is 2.80. The van der Waals surface area contributed by atoms with E-state index in [2.05, 4.69) is 24.5 Å². The molecule has 0 aromatic carbocycles. The van der Waals surface area contributed by atoms with E-state index in [1.165, 1.54) is 0 Å². The normalized spacial score (nSPS) is 25.3. The molecule has 0 unspecified atom stereocenters. The summed E-state index contributed by atoms with van der Waals surface area (Å²) in [6.07, 6.45) is 0. The number of thiocarbonyl (C=S) groups is 1. The maximum atomic E-state index is 4.97. The van der Waals surface area contributed by atoms with Gasteiger partial charge in [0.15, 0.2) is 0 Å². The first kappa shape index (κ1) is 7.31. The van der Waals surface area contributed by atoms with Gasteiger partial charge in [0.25, 0.3) is 0 Å². The summed E-state index contributed by atoms with van der Waals surface area (Å²) in [5, 5.41) is 6.39. The molecule has 1 heterocycles. The van der Waals surface area contributed by atoms with E-state index >= 15 is 0 Å². The lowest BCUT2D eigenvalue weighted by atomic mass is 10.2. The first-order chi connectivity index (χ1) is 4.10. The minimum atomic E-state index is -0.0116. The summed E-state index contributed by atoms with van der Waals surface area (Å²) in [6, 6.07) is 0. The van der Waals surface area contributed by atoms with Crippen molar-refractivity contribution in [1.82, 2.24) is 10.6 Å². The summed E-state index contributed by atoms with van der Waals surface area (Å²) in [7, 11) is 0. The van der Waals surface area contributed by atoms with Gasteiger partial charge in [0, 0.05) is 0 Å². The molecule has 2 N–H and O–H groups in total. The fourth-order valence-electron chi connectivity index (χ4n) is 0.617. The Hall–Kier alpha value is 0.200. The summed E-state index contributed by atoms with van der Waals surface area (Å²) in [6.45, 7) is 4.14. The Labute approximate surface area is 64.8 Å². The molecule has 0 atom stereocenters. The van der Waals surface area contributed by atoms with E-state index in [0.717, 1.165) is 10.2 Å². The molecule has 52 valence electrons. The molecular formula is C5H10N2S2. The number of rotatable bonds is 0. The van der Waals surface area contributed by atoms with E-state index in [1.807, 2.05) is 0 Å². The molecular weight excluding hydrogens is 152 g/mol. The predicted molar refractivity (Wildman–Crippen MR) is 45.4 cm³/mol. The second-order valence-corrected chi connectivity index (χ2v) is 4.16. The largest absolute Gasteiger partial charge is 0.354 e. The van der Waals surface area contributed by atoms with Gasteiger partial charge in [0.2, 0.25) is 0 Å². The molecule has 1 saturated heterocycles. The smallest absolute Gasteiger partial charge is 0.136 e. The van der Waals surface area contributed by atoms with E-state index in [4.69, 9.17) is 12.2 Å². The number of hydrogen-bond acceptors (Lipinski definition) is 3. The van der Waals surface area contributed by atoms with Crippen molar-refractivity contribution >= 4 is 28.3 Å². The Morgan fingerprint density at radius 1 is 1.67 bits per heavy atom. The first-order valence-corrected chi connectivity index (χ1v) is 4.19. The van der Waals surface area contributed by atoms with Crippen LogP contribution in [0.1, 0.15) is 13.8 Å². The quantitative estimate of drug-likeness (QED) is 0.517. The molecule has 1 aliphatic rings. The molecule has 0 radical (unpaired) electrons. The van der Waals surface area contributed by atoms with Crippen molar-refractivity contribution < 1.29 is 0 Å².